The number of nitrogens with one attached hydrogen (secondary N) is 1. The first-order chi connectivity index (χ1) is 12.5. The van der Waals surface area contributed by atoms with Crippen LogP contribution >= 0.6 is 0 Å². The van der Waals surface area contributed by atoms with Gasteiger partial charge in [0.05, 0.1) is 12.4 Å². The Hall–Kier alpha value is -2.14. The Labute approximate surface area is 153 Å². The molecule has 0 aromatic heterocycles. The molecule has 1 aromatic carbocycles. The number of benzene rings is 1. The van der Waals surface area contributed by atoms with Gasteiger partial charge in [0.25, 0.3) is 5.91 Å². The molecule has 0 bridgehead atoms. The number of rotatable bonds is 3. The largest absolute Gasteiger partial charge is 0.386 e. The van der Waals surface area contributed by atoms with Crippen molar-refractivity contribution in [3.05, 3.63) is 29.6 Å². The van der Waals surface area contributed by atoms with Crippen LogP contribution in [-0.4, -0.2) is 50.3 Å². The molecule has 0 saturated carbocycles. The summed E-state index contributed by atoms with van der Waals surface area (Å²) in [5.74, 6) is -3.06. The molecule has 27 heavy (non-hydrogen) atoms. The van der Waals surface area contributed by atoms with E-state index in [2.05, 4.69) is 4.99 Å². The van der Waals surface area contributed by atoms with Crippen molar-refractivity contribution >= 4 is 27.3 Å². The first-order valence-electron chi connectivity index (χ1n) is 8.06. The lowest BCUT2D eigenvalue weighted by Gasteiger charge is -2.39. The SMILES string of the molecule is C[C@@]1(c2cc(NC(=O)C(F)F)ccc2F)CS(=O)(=O)C2(CCOC2)C(N)=N1. The van der Waals surface area contributed by atoms with Gasteiger partial charge in [-0.2, -0.15) is 8.78 Å². The van der Waals surface area contributed by atoms with Crippen molar-refractivity contribution in [2.75, 3.05) is 24.3 Å². The van der Waals surface area contributed by atoms with Crippen molar-refractivity contribution in [1.82, 2.24) is 0 Å². The Kier molecular flexibility index (Phi) is 4.71. The second kappa shape index (κ2) is 6.48. The van der Waals surface area contributed by atoms with Gasteiger partial charge in [0.1, 0.15) is 17.2 Å². The number of hydrogen-bond donors (Lipinski definition) is 2. The second-order valence-electron chi connectivity index (χ2n) is 6.81. The minimum absolute atomic E-state index is 0.103. The monoisotopic (exact) mass is 405 g/mol. The van der Waals surface area contributed by atoms with Crippen molar-refractivity contribution in [3.8, 4) is 0 Å². The topological polar surface area (TPSA) is 111 Å². The van der Waals surface area contributed by atoms with Gasteiger partial charge in [0, 0.05) is 17.9 Å². The highest BCUT2D eigenvalue weighted by molar-refractivity contribution is 7.93. The van der Waals surface area contributed by atoms with E-state index in [4.69, 9.17) is 10.5 Å². The Morgan fingerprint density at radius 2 is 2.11 bits per heavy atom. The van der Waals surface area contributed by atoms with E-state index in [0.717, 1.165) is 18.2 Å². The van der Waals surface area contributed by atoms with Crippen molar-refractivity contribution in [2.45, 2.75) is 30.1 Å². The van der Waals surface area contributed by atoms with Gasteiger partial charge in [-0.15, -0.1) is 0 Å². The highest BCUT2D eigenvalue weighted by Crippen LogP contribution is 2.41. The Balaban J connectivity index is 2.05. The normalized spacial score (nSPS) is 29.7. The van der Waals surface area contributed by atoms with Crippen molar-refractivity contribution in [1.29, 1.82) is 0 Å². The van der Waals surface area contributed by atoms with Gasteiger partial charge in [-0.05, 0) is 31.5 Å². The first-order valence-corrected chi connectivity index (χ1v) is 9.71. The minimum atomic E-state index is -3.85. The minimum Gasteiger partial charge on any atom is -0.386 e. The number of carbonyl (C=O) groups excluding carboxylic acids is 1. The fourth-order valence-electron chi connectivity index (χ4n) is 3.41. The summed E-state index contributed by atoms with van der Waals surface area (Å²) in [6, 6.07) is 3.13. The highest BCUT2D eigenvalue weighted by Gasteiger charge is 2.57. The maximum absolute atomic E-state index is 14.5. The Bertz CT molecular complexity index is 913. The number of sulfone groups is 1. The van der Waals surface area contributed by atoms with Crippen LogP contribution in [0.1, 0.15) is 18.9 Å². The van der Waals surface area contributed by atoms with Crippen LogP contribution in [0, 0.1) is 5.82 Å². The molecule has 3 rings (SSSR count). The van der Waals surface area contributed by atoms with Gasteiger partial charge in [-0.3, -0.25) is 9.79 Å². The van der Waals surface area contributed by atoms with E-state index in [0.29, 0.717) is 0 Å². The third kappa shape index (κ3) is 3.18. The number of carbonyl (C=O) groups is 1. The number of alkyl halides is 2. The Morgan fingerprint density at radius 1 is 1.41 bits per heavy atom. The predicted octanol–water partition coefficient (Wildman–Crippen LogP) is 1.19. The third-order valence-electron chi connectivity index (χ3n) is 4.90. The van der Waals surface area contributed by atoms with Crippen LogP contribution in [0.15, 0.2) is 23.2 Å². The Morgan fingerprint density at radius 3 is 2.67 bits per heavy atom. The van der Waals surface area contributed by atoms with Crippen LogP contribution < -0.4 is 11.1 Å². The van der Waals surface area contributed by atoms with Gasteiger partial charge in [0.15, 0.2) is 14.6 Å². The summed E-state index contributed by atoms with van der Waals surface area (Å²) < 4.78 is 69.0. The molecule has 148 valence electrons. The zero-order chi connectivity index (χ0) is 20.0. The van der Waals surface area contributed by atoms with E-state index in [1.165, 1.54) is 6.92 Å². The van der Waals surface area contributed by atoms with Crippen LogP contribution in [0.4, 0.5) is 18.9 Å². The summed E-state index contributed by atoms with van der Waals surface area (Å²) in [7, 11) is -3.85. The van der Waals surface area contributed by atoms with Gasteiger partial charge in [-0.25, -0.2) is 12.8 Å². The van der Waals surface area contributed by atoms with Gasteiger partial charge in [0.2, 0.25) is 0 Å². The number of hydrogen-bond acceptors (Lipinski definition) is 6. The summed E-state index contributed by atoms with van der Waals surface area (Å²) in [5, 5.41) is 1.94. The van der Waals surface area contributed by atoms with Crippen LogP contribution in [-0.2, 0) is 24.9 Å². The number of amides is 1. The molecule has 1 fully saturated rings. The second-order valence-corrected chi connectivity index (χ2v) is 9.11. The van der Waals surface area contributed by atoms with E-state index in [1.54, 1.807) is 0 Å². The molecule has 2 aliphatic heterocycles. The van der Waals surface area contributed by atoms with Crippen molar-refractivity contribution in [3.63, 3.8) is 0 Å². The van der Waals surface area contributed by atoms with E-state index in [-0.39, 0.29) is 36.7 Å². The van der Waals surface area contributed by atoms with Gasteiger partial charge < -0.3 is 15.8 Å². The molecular weight excluding hydrogens is 387 g/mol. The quantitative estimate of drug-likeness (QED) is 0.785. The molecule has 1 amide bonds. The van der Waals surface area contributed by atoms with Crippen LogP contribution in [0.25, 0.3) is 0 Å². The summed E-state index contributed by atoms with van der Waals surface area (Å²) >= 11 is 0. The van der Waals surface area contributed by atoms with Crippen molar-refractivity contribution < 1.29 is 31.1 Å². The van der Waals surface area contributed by atoms with Gasteiger partial charge in [-0.1, -0.05) is 0 Å². The lowest BCUT2D eigenvalue weighted by Crippen LogP contribution is -2.58. The fourth-order valence-corrected chi connectivity index (χ4v) is 5.67. The lowest BCUT2D eigenvalue weighted by molar-refractivity contribution is -0.126. The van der Waals surface area contributed by atoms with Crippen LogP contribution in [0.2, 0.25) is 0 Å². The highest BCUT2D eigenvalue weighted by atomic mass is 32.2. The number of ether oxygens (including phenoxy) is 1. The molecule has 2 atom stereocenters. The van der Waals surface area contributed by atoms with Crippen LogP contribution in [0.3, 0.4) is 0 Å². The van der Waals surface area contributed by atoms with E-state index in [1.807, 2.05) is 5.32 Å². The fraction of sp³-hybridized carbons (Fsp3) is 0.500. The molecule has 1 saturated heterocycles. The number of nitrogens with zero attached hydrogens (tertiary/aromatic N) is 1. The van der Waals surface area contributed by atoms with E-state index < -0.39 is 44.0 Å². The molecule has 0 radical (unpaired) electrons. The predicted molar refractivity (Wildman–Crippen MR) is 92.0 cm³/mol. The van der Waals surface area contributed by atoms with E-state index >= 15 is 0 Å². The average molecular weight is 405 g/mol. The molecule has 3 N–H and O–H groups in total. The maximum atomic E-state index is 14.5. The molecular formula is C16H18F3N3O4S. The summed E-state index contributed by atoms with van der Waals surface area (Å²) in [6.45, 7) is 1.49. The average Bonchev–Trinajstić information content (AvgIpc) is 3.06. The molecule has 0 aliphatic carbocycles. The van der Waals surface area contributed by atoms with Crippen LogP contribution in [0.5, 0.6) is 0 Å². The van der Waals surface area contributed by atoms with Gasteiger partial charge >= 0.3 is 6.43 Å². The number of anilines is 1. The van der Waals surface area contributed by atoms with Crippen molar-refractivity contribution in [2.24, 2.45) is 10.7 Å². The number of amidine groups is 1. The molecule has 1 unspecified atom stereocenters. The first kappa shape index (κ1) is 19.6. The smallest absolute Gasteiger partial charge is 0.315 e. The molecule has 1 aromatic rings. The third-order valence-corrected chi connectivity index (χ3v) is 7.56. The summed E-state index contributed by atoms with van der Waals surface area (Å²) in [5.41, 5.74) is 4.12. The number of halogens is 3. The molecule has 1 spiro atoms. The number of aliphatic imine (C=N–C) groups is 1. The standard InChI is InChI=1S/C16H18F3N3O4S/c1-15(8-27(24,25)16(14(20)22-15)4-5-26-7-16)10-6-9(2-3-11(10)17)21-13(23)12(18)19/h2-3,6,12H,4-5,7-8H2,1H3,(H2,20,22)(H,21,23)/t15-,16?/m0/s1. The maximum Gasteiger partial charge on any atom is 0.315 e. The summed E-state index contributed by atoms with van der Waals surface area (Å²) in [4.78, 5) is 15.4. The zero-order valence-corrected chi connectivity index (χ0v) is 15.2. The molecule has 2 aliphatic rings. The molecule has 7 nitrogen and oxygen atoms in total. The number of nitrogens with two attached hydrogens (primary N) is 1. The zero-order valence-electron chi connectivity index (χ0n) is 14.3. The lowest BCUT2D eigenvalue weighted by atomic mass is 9.92. The summed E-state index contributed by atoms with van der Waals surface area (Å²) in [6.07, 6.45) is -3.09. The van der Waals surface area contributed by atoms with E-state index in [9.17, 15) is 26.4 Å². The molecule has 2 heterocycles. The molecule has 11 heteroatoms.